The highest BCUT2D eigenvalue weighted by molar-refractivity contribution is 9.10. The molecule has 0 unspecified atom stereocenters. The van der Waals surface area contributed by atoms with Gasteiger partial charge in [-0.3, -0.25) is 14.3 Å². The average molecular weight is 340 g/mol. The Morgan fingerprint density at radius 2 is 2.15 bits per heavy atom. The first-order valence-electron chi connectivity index (χ1n) is 6.01. The van der Waals surface area contributed by atoms with Crippen LogP contribution in [0.25, 0.3) is 0 Å². The van der Waals surface area contributed by atoms with E-state index in [1.54, 1.807) is 18.2 Å². The maximum absolute atomic E-state index is 11.8. The van der Waals surface area contributed by atoms with Crippen molar-refractivity contribution >= 4 is 21.6 Å². The fourth-order valence-corrected chi connectivity index (χ4v) is 2.15. The average Bonchev–Trinajstić information content (AvgIpc) is 2.39. The third kappa shape index (κ3) is 3.11. The monoisotopic (exact) mass is 339 g/mol. The predicted molar refractivity (Wildman–Crippen MR) is 80.1 cm³/mol. The van der Waals surface area contributed by atoms with Crippen LogP contribution in [0.5, 0.6) is 5.75 Å². The lowest BCUT2D eigenvalue weighted by Crippen LogP contribution is -2.30. The summed E-state index contributed by atoms with van der Waals surface area (Å²) < 4.78 is 7.17. The molecular weight excluding hydrogens is 326 g/mol. The molecule has 0 aliphatic carbocycles. The second-order valence-corrected chi connectivity index (χ2v) is 5.02. The molecule has 0 amide bonds. The quantitative estimate of drug-likeness (QED) is 0.822. The summed E-state index contributed by atoms with van der Waals surface area (Å²) >= 11 is 3.10. The van der Waals surface area contributed by atoms with Gasteiger partial charge in [0, 0.05) is 17.4 Å². The molecule has 0 spiro atoms. The number of hydrogen-bond donors (Lipinski definition) is 2. The van der Waals surface area contributed by atoms with Gasteiger partial charge in [-0.2, -0.15) is 0 Å². The first kappa shape index (κ1) is 14.4. The van der Waals surface area contributed by atoms with Crippen LogP contribution >= 0.6 is 15.9 Å². The Labute approximate surface area is 123 Å². The van der Waals surface area contributed by atoms with E-state index in [2.05, 4.69) is 20.9 Å². The van der Waals surface area contributed by atoms with Crippen LogP contribution in [0.3, 0.4) is 0 Å². The number of nitrogens with two attached hydrogens (primary N) is 1. The molecule has 1 heterocycles. The van der Waals surface area contributed by atoms with E-state index in [-0.39, 0.29) is 6.54 Å². The van der Waals surface area contributed by atoms with Gasteiger partial charge in [0.2, 0.25) is 0 Å². The maximum Gasteiger partial charge on any atom is 0.328 e. The molecule has 0 bridgehead atoms. The van der Waals surface area contributed by atoms with Crippen LogP contribution < -0.4 is 21.7 Å². The number of aromatic nitrogens is 2. The Balaban J connectivity index is 2.44. The molecule has 0 saturated carbocycles. The highest BCUT2D eigenvalue weighted by Crippen LogP contribution is 2.22. The van der Waals surface area contributed by atoms with E-state index >= 15 is 0 Å². The first-order valence-corrected chi connectivity index (χ1v) is 6.81. The molecule has 1 aromatic heterocycles. The number of nitrogens with one attached hydrogen (secondary N) is 1. The third-order valence-electron chi connectivity index (χ3n) is 2.69. The highest BCUT2D eigenvalue weighted by Gasteiger charge is 2.08. The second-order valence-electron chi connectivity index (χ2n) is 4.16. The summed E-state index contributed by atoms with van der Waals surface area (Å²) in [6.07, 6.45) is 1.44. The van der Waals surface area contributed by atoms with Crippen molar-refractivity contribution in [1.82, 2.24) is 9.55 Å². The van der Waals surface area contributed by atoms with Gasteiger partial charge in [-0.05, 0) is 41.1 Å². The van der Waals surface area contributed by atoms with Crippen molar-refractivity contribution in [3.05, 3.63) is 55.3 Å². The van der Waals surface area contributed by atoms with Crippen LogP contribution in [-0.2, 0) is 6.54 Å². The van der Waals surface area contributed by atoms with Crippen LogP contribution in [0.4, 0.5) is 5.69 Å². The van der Waals surface area contributed by atoms with Gasteiger partial charge in [-0.25, -0.2) is 4.79 Å². The zero-order chi connectivity index (χ0) is 14.7. The topological polar surface area (TPSA) is 90.1 Å². The second kappa shape index (κ2) is 5.96. The first-order chi connectivity index (χ1) is 9.51. The van der Waals surface area contributed by atoms with E-state index in [9.17, 15) is 9.59 Å². The molecule has 2 aromatic rings. The van der Waals surface area contributed by atoms with Crippen LogP contribution in [-0.4, -0.2) is 16.2 Å². The molecule has 3 N–H and O–H groups in total. The number of H-pyrrole nitrogens is 1. The van der Waals surface area contributed by atoms with Gasteiger partial charge in [-0.1, -0.05) is 0 Å². The molecule has 0 atom stereocenters. The number of nitrogen functional groups attached to an aromatic ring is 1. The number of hydrogen-bond acceptors (Lipinski definition) is 4. The van der Waals surface area contributed by atoms with E-state index in [0.717, 1.165) is 5.56 Å². The van der Waals surface area contributed by atoms with Gasteiger partial charge >= 0.3 is 5.69 Å². The standard InChI is InChI=1S/C13H14BrN3O3/c1-2-20-11-4-3-9(15)5-8(11)6-17-7-10(14)12(18)16-13(17)19/h3-5,7H,2,6,15H2,1H3,(H,16,18,19). The summed E-state index contributed by atoms with van der Waals surface area (Å²) in [7, 11) is 0. The Morgan fingerprint density at radius 1 is 1.40 bits per heavy atom. The Bertz CT molecular complexity index is 736. The molecule has 20 heavy (non-hydrogen) atoms. The Morgan fingerprint density at radius 3 is 2.85 bits per heavy atom. The van der Waals surface area contributed by atoms with E-state index in [1.165, 1.54) is 10.8 Å². The molecule has 0 fully saturated rings. The molecule has 0 radical (unpaired) electrons. The zero-order valence-electron chi connectivity index (χ0n) is 10.9. The number of halogens is 1. The van der Waals surface area contributed by atoms with Gasteiger partial charge in [0.25, 0.3) is 5.56 Å². The fraction of sp³-hybridized carbons (Fsp3) is 0.231. The SMILES string of the molecule is CCOc1ccc(N)cc1Cn1cc(Br)c(=O)[nH]c1=O. The van der Waals surface area contributed by atoms with Crippen LogP contribution in [0.2, 0.25) is 0 Å². The normalized spacial score (nSPS) is 10.5. The Hall–Kier alpha value is -2.02. The molecule has 0 saturated heterocycles. The van der Waals surface area contributed by atoms with Crippen molar-refractivity contribution < 1.29 is 4.74 Å². The molecule has 0 aliphatic rings. The van der Waals surface area contributed by atoms with Crippen molar-refractivity contribution in [3.8, 4) is 5.75 Å². The van der Waals surface area contributed by atoms with E-state index in [4.69, 9.17) is 10.5 Å². The van der Waals surface area contributed by atoms with Crippen molar-refractivity contribution in [1.29, 1.82) is 0 Å². The number of nitrogens with zero attached hydrogens (tertiary/aromatic N) is 1. The predicted octanol–water partition coefficient (Wildman–Crippen LogP) is 1.33. The number of rotatable bonds is 4. The summed E-state index contributed by atoms with van der Waals surface area (Å²) in [5.74, 6) is 0.663. The van der Waals surface area contributed by atoms with Gasteiger partial charge in [-0.15, -0.1) is 0 Å². The van der Waals surface area contributed by atoms with Gasteiger partial charge in [0.15, 0.2) is 0 Å². The zero-order valence-corrected chi connectivity index (χ0v) is 12.4. The summed E-state index contributed by atoms with van der Waals surface area (Å²) in [5.41, 5.74) is 6.18. The molecule has 7 heteroatoms. The lowest BCUT2D eigenvalue weighted by molar-refractivity contribution is 0.335. The van der Waals surface area contributed by atoms with Crippen molar-refractivity contribution in [2.24, 2.45) is 0 Å². The highest BCUT2D eigenvalue weighted by atomic mass is 79.9. The third-order valence-corrected chi connectivity index (χ3v) is 3.26. The summed E-state index contributed by atoms with van der Waals surface area (Å²) in [6, 6.07) is 5.25. The summed E-state index contributed by atoms with van der Waals surface area (Å²) in [5, 5.41) is 0. The number of ether oxygens (including phenoxy) is 1. The molecular formula is C13H14BrN3O3. The minimum absolute atomic E-state index is 0.259. The smallest absolute Gasteiger partial charge is 0.328 e. The largest absolute Gasteiger partial charge is 0.494 e. The number of anilines is 1. The molecule has 1 aromatic carbocycles. The van der Waals surface area contributed by atoms with Crippen LogP contribution in [0.15, 0.2) is 38.5 Å². The van der Waals surface area contributed by atoms with Gasteiger partial charge in [0.05, 0.1) is 17.6 Å². The number of aromatic amines is 1. The molecule has 6 nitrogen and oxygen atoms in total. The lowest BCUT2D eigenvalue weighted by Gasteiger charge is -2.12. The van der Waals surface area contributed by atoms with Crippen molar-refractivity contribution in [3.63, 3.8) is 0 Å². The fourth-order valence-electron chi connectivity index (χ4n) is 1.80. The van der Waals surface area contributed by atoms with Crippen molar-refractivity contribution in [2.75, 3.05) is 12.3 Å². The molecule has 0 aliphatic heterocycles. The van der Waals surface area contributed by atoms with Gasteiger partial charge < -0.3 is 10.5 Å². The maximum atomic E-state index is 11.8. The van der Waals surface area contributed by atoms with E-state index in [0.29, 0.717) is 22.5 Å². The lowest BCUT2D eigenvalue weighted by atomic mass is 10.1. The van der Waals surface area contributed by atoms with E-state index < -0.39 is 11.2 Å². The van der Waals surface area contributed by atoms with Crippen LogP contribution in [0.1, 0.15) is 12.5 Å². The minimum Gasteiger partial charge on any atom is -0.494 e. The van der Waals surface area contributed by atoms with E-state index in [1.807, 2.05) is 6.92 Å². The summed E-state index contributed by atoms with van der Waals surface area (Å²) in [4.78, 5) is 25.3. The number of benzene rings is 1. The minimum atomic E-state index is -0.483. The molecule has 2 rings (SSSR count). The Kier molecular flexibility index (Phi) is 4.29. The van der Waals surface area contributed by atoms with Crippen LogP contribution in [0, 0.1) is 0 Å². The molecule has 106 valence electrons. The van der Waals surface area contributed by atoms with Crippen molar-refractivity contribution in [2.45, 2.75) is 13.5 Å². The summed E-state index contributed by atoms with van der Waals surface area (Å²) in [6.45, 7) is 2.65. The van der Waals surface area contributed by atoms with Gasteiger partial charge in [0.1, 0.15) is 5.75 Å².